The Morgan fingerprint density at radius 3 is 2.57 bits per heavy atom. The van der Waals surface area contributed by atoms with Crippen molar-refractivity contribution in [3.63, 3.8) is 0 Å². The van der Waals surface area contributed by atoms with Gasteiger partial charge in [-0.05, 0) is 37.1 Å². The molecular weight excluding hydrogens is 398 g/mol. The molecule has 0 spiro atoms. The van der Waals surface area contributed by atoms with E-state index in [1.54, 1.807) is 0 Å². The van der Waals surface area contributed by atoms with Crippen LogP contribution in [0.3, 0.4) is 0 Å². The summed E-state index contributed by atoms with van der Waals surface area (Å²) in [6.07, 6.45) is 1.54. The molecule has 3 aromatic rings. The number of hydrogen-bond acceptors (Lipinski definition) is 5. The number of carbonyl (C=O) groups is 2. The molecule has 8 heteroatoms. The summed E-state index contributed by atoms with van der Waals surface area (Å²) in [5, 5.41) is 14.0. The minimum atomic E-state index is -0.555. The van der Waals surface area contributed by atoms with Crippen molar-refractivity contribution in [3.05, 3.63) is 72.3 Å². The fraction of sp³-hybridized carbons (Fsp3) is 0.182. The maximum absolute atomic E-state index is 12.1. The van der Waals surface area contributed by atoms with Crippen LogP contribution in [0.15, 0.2) is 66.3 Å². The highest BCUT2D eigenvalue weighted by Crippen LogP contribution is 2.28. The molecule has 0 unspecified atom stereocenters. The number of benzene rings is 2. The number of nitrogens with one attached hydrogen (secondary N) is 2. The summed E-state index contributed by atoms with van der Waals surface area (Å²) in [7, 11) is 0. The molecule has 0 atom stereocenters. The van der Waals surface area contributed by atoms with Crippen LogP contribution in [0.1, 0.15) is 11.1 Å². The van der Waals surface area contributed by atoms with Crippen LogP contribution in [0, 0.1) is 13.8 Å². The van der Waals surface area contributed by atoms with Gasteiger partial charge >= 0.3 is 6.03 Å². The predicted octanol–water partition coefficient (Wildman–Crippen LogP) is 3.66. The molecule has 154 valence electrons. The van der Waals surface area contributed by atoms with Crippen LogP contribution in [-0.2, 0) is 4.79 Å². The molecule has 1 aromatic heterocycles. The van der Waals surface area contributed by atoms with Gasteiger partial charge in [-0.3, -0.25) is 14.7 Å². The zero-order valence-corrected chi connectivity index (χ0v) is 17.7. The Morgan fingerprint density at radius 2 is 1.87 bits per heavy atom. The molecule has 7 nitrogen and oxygen atoms in total. The summed E-state index contributed by atoms with van der Waals surface area (Å²) >= 11 is 1.22. The molecule has 0 bridgehead atoms. The van der Waals surface area contributed by atoms with Crippen LogP contribution in [0.2, 0.25) is 0 Å². The fourth-order valence-electron chi connectivity index (χ4n) is 2.74. The Kier molecular flexibility index (Phi) is 7.03. The number of aromatic nitrogens is 3. The number of hydrogen-bond donors (Lipinski definition) is 2. The number of amides is 3. The fourth-order valence-corrected chi connectivity index (χ4v) is 3.49. The van der Waals surface area contributed by atoms with Crippen LogP contribution in [-0.4, -0.2) is 39.0 Å². The first-order chi connectivity index (χ1) is 14.5. The van der Waals surface area contributed by atoms with Crippen molar-refractivity contribution in [2.75, 3.05) is 12.3 Å². The smallest absolute Gasteiger partial charge is 0.321 e. The van der Waals surface area contributed by atoms with E-state index in [-0.39, 0.29) is 12.3 Å². The largest absolute Gasteiger partial charge is 0.334 e. The Hall–Kier alpha value is -3.39. The molecule has 2 N–H and O–H groups in total. The van der Waals surface area contributed by atoms with Gasteiger partial charge in [-0.2, -0.15) is 0 Å². The number of urea groups is 1. The lowest BCUT2D eigenvalue weighted by Crippen LogP contribution is -2.40. The Bertz CT molecular complexity index is 1060. The number of thioether (sulfide) groups is 1. The highest BCUT2D eigenvalue weighted by atomic mass is 32.2. The molecule has 0 saturated carbocycles. The van der Waals surface area contributed by atoms with Gasteiger partial charge in [0, 0.05) is 12.1 Å². The average Bonchev–Trinajstić information content (AvgIpc) is 3.17. The van der Waals surface area contributed by atoms with E-state index in [4.69, 9.17) is 0 Å². The summed E-state index contributed by atoms with van der Waals surface area (Å²) < 4.78 is 1.93. The van der Waals surface area contributed by atoms with E-state index in [1.165, 1.54) is 23.4 Å². The Morgan fingerprint density at radius 1 is 1.10 bits per heavy atom. The van der Waals surface area contributed by atoms with E-state index < -0.39 is 11.9 Å². The molecule has 0 aliphatic heterocycles. The van der Waals surface area contributed by atoms with E-state index in [2.05, 4.69) is 40.4 Å². The van der Waals surface area contributed by atoms with Crippen molar-refractivity contribution >= 4 is 23.7 Å². The average molecular weight is 422 g/mol. The molecule has 2 aromatic carbocycles. The van der Waals surface area contributed by atoms with Crippen LogP contribution >= 0.6 is 11.8 Å². The lowest BCUT2D eigenvalue weighted by molar-refractivity contribution is -0.117. The quantitative estimate of drug-likeness (QED) is 0.449. The van der Waals surface area contributed by atoms with Gasteiger partial charge in [-0.25, -0.2) is 4.79 Å². The van der Waals surface area contributed by atoms with Gasteiger partial charge in [0.25, 0.3) is 0 Å². The molecule has 0 fully saturated rings. The molecule has 0 radical (unpaired) electrons. The van der Waals surface area contributed by atoms with Crippen molar-refractivity contribution in [3.8, 4) is 17.1 Å². The molecule has 1 heterocycles. The van der Waals surface area contributed by atoms with E-state index in [1.807, 2.05) is 54.0 Å². The summed E-state index contributed by atoms with van der Waals surface area (Å²) in [5.74, 6) is 0.294. The first-order valence-corrected chi connectivity index (χ1v) is 10.4. The summed E-state index contributed by atoms with van der Waals surface area (Å²) in [6.45, 7) is 7.91. The van der Waals surface area contributed by atoms with Crippen LogP contribution in [0.25, 0.3) is 17.1 Å². The van der Waals surface area contributed by atoms with Gasteiger partial charge in [0.05, 0.1) is 11.4 Å². The monoisotopic (exact) mass is 421 g/mol. The highest BCUT2D eigenvalue weighted by Gasteiger charge is 2.18. The van der Waals surface area contributed by atoms with Crippen LogP contribution in [0.4, 0.5) is 4.79 Å². The van der Waals surface area contributed by atoms with Gasteiger partial charge in [-0.1, -0.05) is 54.2 Å². The summed E-state index contributed by atoms with van der Waals surface area (Å²) in [6, 6.07) is 15.3. The first-order valence-electron chi connectivity index (χ1n) is 9.39. The molecule has 0 saturated heterocycles. The topological polar surface area (TPSA) is 88.9 Å². The molecule has 30 heavy (non-hydrogen) atoms. The normalized spacial score (nSPS) is 10.5. The maximum atomic E-state index is 12.1. The van der Waals surface area contributed by atoms with Crippen molar-refractivity contribution in [2.24, 2.45) is 0 Å². The number of rotatable bonds is 7. The second-order valence-corrected chi connectivity index (χ2v) is 7.55. The van der Waals surface area contributed by atoms with E-state index in [0.29, 0.717) is 11.0 Å². The van der Waals surface area contributed by atoms with Crippen molar-refractivity contribution in [2.45, 2.75) is 19.0 Å². The SMILES string of the molecule is C=CCNC(=O)NC(=O)CSc1nnc(-c2ccccc2)n1-c1ccc(C)c(C)c1. The van der Waals surface area contributed by atoms with Gasteiger partial charge < -0.3 is 5.32 Å². The highest BCUT2D eigenvalue weighted by molar-refractivity contribution is 7.99. The van der Waals surface area contributed by atoms with Gasteiger partial charge in [0.1, 0.15) is 0 Å². The molecule has 0 aliphatic rings. The maximum Gasteiger partial charge on any atom is 0.321 e. The van der Waals surface area contributed by atoms with E-state index in [0.717, 1.165) is 16.8 Å². The van der Waals surface area contributed by atoms with Crippen LogP contribution < -0.4 is 10.6 Å². The van der Waals surface area contributed by atoms with Gasteiger partial charge in [0.15, 0.2) is 11.0 Å². The number of aryl methyl sites for hydroxylation is 2. The summed E-state index contributed by atoms with van der Waals surface area (Å²) in [5.41, 5.74) is 4.16. The van der Waals surface area contributed by atoms with Crippen molar-refractivity contribution in [1.82, 2.24) is 25.4 Å². The number of carbonyl (C=O) groups excluding carboxylic acids is 2. The summed E-state index contributed by atoms with van der Waals surface area (Å²) in [4.78, 5) is 23.8. The van der Waals surface area contributed by atoms with Crippen LogP contribution in [0.5, 0.6) is 0 Å². The molecule has 0 aliphatic carbocycles. The molecular formula is C22H23N5O2S. The van der Waals surface area contributed by atoms with E-state index >= 15 is 0 Å². The number of nitrogens with zero attached hydrogens (tertiary/aromatic N) is 3. The Balaban J connectivity index is 1.86. The standard InChI is InChI=1S/C22H23N5O2S/c1-4-12-23-21(29)24-19(28)14-30-22-26-25-20(17-8-6-5-7-9-17)27(22)18-11-10-15(2)16(3)13-18/h4-11,13H,1,12,14H2,2-3H3,(H2,23,24,28,29). The third kappa shape index (κ3) is 5.15. The van der Waals surface area contributed by atoms with E-state index in [9.17, 15) is 9.59 Å². The minimum absolute atomic E-state index is 0.0271. The molecule has 3 amide bonds. The second kappa shape index (κ2) is 9.89. The lowest BCUT2D eigenvalue weighted by atomic mass is 10.1. The minimum Gasteiger partial charge on any atom is -0.334 e. The first kappa shape index (κ1) is 21.3. The lowest BCUT2D eigenvalue weighted by Gasteiger charge is -2.12. The number of imide groups is 1. The predicted molar refractivity (Wildman–Crippen MR) is 119 cm³/mol. The third-order valence-corrected chi connectivity index (χ3v) is 5.34. The molecule has 3 rings (SSSR count). The zero-order valence-electron chi connectivity index (χ0n) is 16.9. The van der Waals surface area contributed by atoms with Crippen molar-refractivity contribution in [1.29, 1.82) is 0 Å². The zero-order chi connectivity index (χ0) is 21.5. The Labute approximate surface area is 179 Å². The van der Waals surface area contributed by atoms with Gasteiger partial charge in [0.2, 0.25) is 5.91 Å². The third-order valence-electron chi connectivity index (χ3n) is 4.41. The van der Waals surface area contributed by atoms with Crippen molar-refractivity contribution < 1.29 is 9.59 Å². The van der Waals surface area contributed by atoms with Gasteiger partial charge in [-0.15, -0.1) is 16.8 Å². The second-order valence-electron chi connectivity index (χ2n) is 6.61.